The molecule has 3 nitrogen and oxygen atoms in total. The summed E-state index contributed by atoms with van der Waals surface area (Å²) in [6.45, 7) is 7.87. The van der Waals surface area contributed by atoms with Crippen LogP contribution in [0.1, 0.15) is 42.4 Å². The smallest absolute Gasteiger partial charge is 0.252 e. The van der Waals surface area contributed by atoms with Gasteiger partial charge in [0.1, 0.15) is 0 Å². The second kappa shape index (κ2) is 4.78. The predicted molar refractivity (Wildman–Crippen MR) is 69.7 cm³/mol. The molecular formula is C13H19NO2S. The fraction of sp³-hybridized carbons (Fsp3) is 0.615. The van der Waals surface area contributed by atoms with Gasteiger partial charge in [0.05, 0.1) is 18.2 Å². The summed E-state index contributed by atoms with van der Waals surface area (Å²) in [5.74, 6) is 0.0206. The molecule has 0 aliphatic carbocycles. The molecule has 2 rings (SSSR count). The minimum absolute atomic E-state index is 0.0206. The first-order chi connectivity index (χ1) is 7.97. The van der Waals surface area contributed by atoms with Gasteiger partial charge in [0.25, 0.3) is 5.91 Å². The summed E-state index contributed by atoms with van der Waals surface area (Å²) in [7, 11) is 0. The average molecular weight is 253 g/mol. The van der Waals surface area contributed by atoms with Crippen LogP contribution in [0.3, 0.4) is 0 Å². The first kappa shape index (κ1) is 12.6. The molecule has 0 radical (unpaired) electrons. The van der Waals surface area contributed by atoms with Crippen molar-refractivity contribution >= 4 is 17.2 Å². The Labute approximate surface area is 106 Å². The zero-order chi connectivity index (χ0) is 12.5. The van der Waals surface area contributed by atoms with E-state index in [0.717, 1.165) is 18.6 Å². The molecule has 1 aromatic heterocycles. The lowest BCUT2D eigenvalue weighted by Gasteiger charge is -2.15. The van der Waals surface area contributed by atoms with E-state index < -0.39 is 0 Å². The van der Waals surface area contributed by atoms with Gasteiger partial charge in [-0.05, 0) is 17.9 Å². The van der Waals surface area contributed by atoms with E-state index in [4.69, 9.17) is 4.74 Å². The summed E-state index contributed by atoms with van der Waals surface area (Å²) < 4.78 is 5.24. The molecule has 4 heteroatoms. The van der Waals surface area contributed by atoms with Gasteiger partial charge in [-0.2, -0.15) is 0 Å². The van der Waals surface area contributed by atoms with E-state index in [1.807, 2.05) is 11.4 Å². The minimum Gasteiger partial charge on any atom is -0.379 e. The summed E-state index contributed by atoms with van der Waals surface area (Å²) in [6, 6.07) is 2.18. The molecule has 1 atom stereocenters. The zero-order valence-corrected chi connectivity index (χ0v) is 11.4. The van der Waals surface area contributed by atoms with E-state index >= 15 is 0 Å². The summed E-state index contributed by atoms with van der Waals surface area (Å²) in [4.78, 5) is 13.2. The zero-order valence-electron chi connectivity index (χ0n) is 10.6. The second-order valence-electron chi connectivity index (χ2n) is 5.48. The molecule has 1 amide bonds. The Morgan fingerprint density at radius 3 is 2.82 bits per heavy atom. The van der Waals surface area contributed by atoms with E-state index in [9.17, 15) is 4.79 Å². The molecule has 0 saturated carbocycles. The Bertz CT molecular complexity index is 400. The molecule has 1 N–H and O–H groups in total. The van der Waals surface area contributed by atoms with Crippen molar-refractivity contribution in [2.24, 2.45) is 0 Å². The molecule has 1 aliphatic rings. The van der Waals surface area contributed by atoms with Crippen molar-refractivity contribution in [2.75, 3.05) is 13.2 Å². The van der Waals surface area contributed by atoms with E-state index in [2.05, 4.69) is 26.1 Å². The van der Waals surface area contributed by atoms with E-state index in [1.165, 1.54) is 4.88 Å². The van der Waals surface area contributed by atoms with Crippen molar-refractivity contribution < 1.29 is 9.53 Å². The van der Waals surface area contributed by atoms with Crippen molar-refractivity contribution in [2.45, 2.75) is 38.6 Å². The Hall–Kier alpha value is -0.870. The first-order valence-electron chi connectivity index (χ1n) is 5.94. The normalized spacial score (nSPS) is 20.5. The molecule has 1 fully saturated rings. The van der Waals surface area contributed by atoms with Gasteiger partial charge in [-0.1, -0.05) is 20.8 Å². The number of ether oxygens (including phenoxy) is 1. The molecule has 0 bridgehead atoms. The van der Waals surface area contributed by atoms with Crippen LogP contribution in [0.5, 0.6) is 0 Å². The molecule has 0 unspecified atom stereocenters. The molecule has 1 saturated heterocycles. The van der Waals surface area contributed by atoms with E-state index in [1.54, 1.807) is 11.3 Å². The number of thiophene rings is 1. The van der Waals surface area contributed by atoms with Crippen molar-refractivity contribution in [1.29, 1.82) is 0 Å². The van der Waals surface area contributed by atoms with Gasteiger partial charge in [0.2, 0.25) is 0 Å². The summed E-state index contributed by atoms with van der Waals surface area (Å²) in [5, 5.41) is 4.94. The number of hydrogen-bond donors (Lipinski definition) is 1. The lowest BCUT2D eigenvalue weighted by Crippen LogP contribution is -2.34. The van der Waals surface area contributed by atoms with Gasteiger partial charge < -0.3 is 10.1 Å². The maximum atomic E-state index is 12.0. The first-order valence-corrected chi connectivity index (χ1v) is 6.82. The number of hydrogen-bond acceptors (Lipinski definition) is 3. The van der Waals surface area contributed by atoms with Crippen molar-refractivity contribution in [3.05, 3.63) is 21.9 Å². The predicted octanol–water partition coefficient (Wildman–Crippen LogP) is 2.56. The van der Waals surface area contributed by atoms with Crippen LogP contribution in [0.25, 0.3) is 0 Å². The molecule has 1 aliphatic heterocycles. The van der Waals surface area contributed by atoms with Crippen molar-refractivity contribution in [3.63, 3.8) is 0 Å². The number of carbonyl (C=O) groups is 1. The lowest BCUT2D eigenvalue weighted by molar-refractivity contribution is 0.0930. The molecule has 17 heavy (non-hydrogen) atoms. The number of carbonyl (C=O) groups excluding carboxylic acids is 1. The quantitative estimate of drug-likeness (QED) is 0.879. The highest BCUT2D eigenvalue weighted by molar-refractivity contribution is 7.10. The molecule has 2 heterocycles. The largest absolute Gasteiger partial charge is 0.379 e. The van der Waals surface area contributed by atoms with Crippen LogP contribution in [-0.2, 0) is 10.2 Å². The highest BCUT2D eigenvalue weighted by Gasteiger charge is 2.21. The van der Waals surface area contributed by atoms with Gasteiger partial charge in [-0.15, -0.1) is 11.3 Å². The third-order valence-corrected chi connectivity index (χ3v) is 4.22. The monoisotopic (exact) mass is 253 g/mol. The topological polar surface area (TPSA) is 38.3 Å². The van der Waals surface area contributed by atoms with Gasteiger partial charge in [-0.3, -0.25) is 4.79 Å². The second-order valence-corrected chi connectivity index (χ2v) is 6.39. The van der Waals surface area contributed by atoms with Crippen molar-refractivity contribution in [1.82, 2.24) is 5.32 Å². The van der Waals surface area contributed by atoms with Crippen LogP contribution >= 0.6 is 11.3 Å². The molecule has 1 aromatic rings. The maximum Gasteiger partial charge on any atom is 0.252 e. The van der Waals surface area contributed by atoms with Gasteiger partial charge in [-0.25, -0.2) is 0 Å². The Kier molecular flexibility index (Phi) is 3.54. The summed E-state index contributed by atoms with van der Waals surface area (Å²) in [5.41, 5.74) is 0.881. The molecule has 94 valence electrons. The van der Waals surface area contributed by atoms with Crippen LogP contribution in [-0.4, -0.2) is 25.2 Å². The van der Waals surface area contributed by atoms with Crippen LogP contribution in [0.15, 0.2) is 11.4 Å². The van der Waals surface area contributed by atoms with Crippen LogP contribution in [0.4, 0.5) is 0 Å². The lowest BCUT2D eigenvalue weighted by atomic mass is 9.94. The number of rotatable bonds is 2. The molecule has 0 aromatic carbocycles. The SMILES string of the molecule is CC(C)(C)c1cc(C(=O)N[C@H]2CCOC2)cs1. The van der Waals surface area contributed by atoms with Gasteiger partial charge in [0.15, 0.2) is 0 Å². The fourth-order valence-corrected chi connectivity index (χ4v) is 2.74. The number of nitrogens with one attached hydrogen (secondary N) is 1. The highest BCUT2D eigenvalue weighted by Crippen LogP contribution is 2.28. The fourth-order valence-electron chi connectivity index (χ4n) is 1.77. The van der Waals surface area contributed by atoms with E-state index in [0.29, 0.717) is 6.61 Å². The average Bonchev–Trinajstić information content (AvgIpc) is 2.85. The standard InChI is InChI=1S/C13H19NO2S/c1-13(2,3)11-6-9(8-17-11)12(15)14-10-4-5-16-7-10/h6,8,10H,4-5,7H2,1-3H3,(H,14,15)/t10-/m0/s1. The van der Waals surface area contributed by atoms with Gasteiger partial charge in [0, 0.05) is 16.9 Å². The van der Waals surface area contributed by atoms with Crippen LogP contribution in [0.2, 0.25) is 0 Å². The third kappa shape index (κ3) is 3.07. The maximum absolute atomic E-state index is 12.0. The highest BCUT2D eigenvalue weighted by atomic mass is 32.1. The van der Waals surface area contributed by atoms with Crippen LogP contribution < -0.4 is 5.32 Å². The molecule has 0 spiro atoms. The summed E-state index contributed by atoms with van der Waals surface area (Å²) in [6.07, 6.45) is 0.919. The van der Waals surface area contributed by atoms with Crippen LogP contribution in [0, 0.1) is 0 Å². The third-order valence-electron chi connectivity index (χ3n) is 2.87. The van der Waals surface area contributed by atoms with E-state index in [-0.39, 0.29) is 17.4 Å². The van der Waals surface area contributed by atoms with Gasteiger partial charge >= 0.3 is 0 Å². The summed E-state index contributed by atoms with van der Waals surface area (Å²) >= 11 is 1.65. The Balaban J connectivity index is 2.01. The Morgan fingerprint density at radius 2 is 2.29 bits per heavy atom. The Morgan fingerprint density at radius 1 is 1.53 bits per heavy atom. The minimum atomic E-state index is 0.0206. The molecular weight excluding hydrogens is 234 g/mol. The van der Waals surface area contributed by atoms with Crippen molar-refractivity contribution in [3.8, 4) is 0 Å². The number of amides is 1.